The quantitative estimate of drug-likeness (QED) is 0.719. The second-order valence-corrected chi connectivity index (χ2v) is 7.49. The molecule has 1 saturated heterocycles. The van der Waals surface area contributed by atoms with Gasteiger partial charge in [-0.3, -0.25) is 14.5 Å². The number of primary amides is 1. The van der Waals surface area contributed by atoms with Gasteiger partial charge in [0.05, 0.1) is 6.54 Å². The van der Waals surface area contributed by atoms with Crippen molar-refractivity contribution in [2.75, 3.05) is 26.2 Å². The first-order valence-corrected chi connectivity index (χ1v) is 10.1. The third kappa shape index (κ3) is 6.91. The Bertz CT molecular complexity index is 793. The first kappa shape index (κ1) is 20.9. The summed E-state index contributed by atoms with van der Waals surface area (Å²) in [7, 11) is 0. The molecule has 29 heavy (non-hydrogen) atoms. The number of amides is 2. The lowest BCUT2D eigenvalue weighted by atomic mass is 9.92. The van der Waals surface area contributed by atoms with Crippen LogP contribution in [0.25, 0.3) is 0 Å². The molecule has 6 heteroatoms. The summed E-state index contributed by atoms with van der Waals surface area (Å²) in [5, 5.41) is 2.98. The van der Waals surface area contributed by atoms with Gasteiger partial charge in [-0.1, -0.05) is 42.5 Å². The van der Waals surface area contributed by atoms with E-state index in [1.165, 1.54) is 12.0 Å². The van der Waals surface area contributed by atoms with Gasteiger partial charge in [0.15, 0.2) is 6.61 Å². The first-order chi connectivity index (χ1) is 14.1. The fourth-order valence-corrected chi connectivity index (χ4v) is 3.69. The Hall–Kier alpha value is -2.86. The molecular weight excluding hydrogens is 366 g/mol. The highest BCUT2D eigenvalue weighted by molar-refractivity contribution is 5.78. The largest absolute Gasteiger partial charge is 0.484 e. The van der Waals surface area contributed by atoms with Gasteiger partial charge >= 0.3 is 0 Å². The van der Waals surface area contributed by atoms with Crippen LogP contribution in [0.15, 0.2) is 54.6 Å². The van der Waals surface area contributed by atoms with Crippen molar-refractivity contribution in [3.05, 3.63) is 65.7 Å². The maximum atomic E-state index is 12.4. The fourth-order valence-electron chi connectivity index (χ4n) is 3.69. The van der Waals surface area contributed by atoms with E-state index in [-0.39, 0.29) is 12.5 Å². The van der Waals surface area contributed by atoms with Crippen molar-refractivity contribution >= 4 is 11.8 Å². The van der Waals surface area contributed by atoms with Gasteiger partial charge < -0.3 is 15.8 Å². The smallest absolute Gasteiger partial charge is 0.255 e. The van der Waals surface area contributed by atoms with Crippen LogP contribution in [0.1, 0.15) is 36.3 Å². The van der Waals surface area contributed by atoms with Crippen LogP contribution in [0.2, 0.25) is 0 Å². The highest BCUT2D eigenvalue weighted by Gasteiger charge is 2.19. The monoisotopic (exact) mass is 395 g/mol. The zero-order valence-corrected chi connectivity index (χ0v) is 16.7. The molecule has 1 aliphatic heterocycles. The van der Waals surface area contributed by atoms with Crippen LogP contribution in [0.3, 0.4) is 0 Å². The van der Waals surface area contributed by atoms with Crippen molar-refractivity contribution in [1.82, 2.24) is 10.2 Å². The number of likely N-dealkylation sites (tertiary alicyclic amines) is 1. The van der Waals surface area contributed by atoms with Gasteiger partial charge in [-0.2, -0.15) is 0 Å². The van der Waals surface area contributed by atoms with E-state index in [1.54, 1.807) is 12.1 Å². The number of hydrogen-bond acceptors (Lipinski definition) is 4. The molecule has 1 fully saturated rings. The average molecular weight is 396 g/mol. The molecule has 0 bridgehead atoms. The highest BCUT2D eigenvalue weighted by atomic mass is 16.5. The molecule has 0 aromatic heterocycles. The number of hydrogen-bond donors (Lipinski definition) is 2. The van der Waals surface area contributed by atoms with E-state index in [9.17, 15) is 9.59 Å². The molecule has 0 spiro atoms. The number of carbonyl (C=O) groups excluding carboxylic acids is 2. The normalized spacial score (nSPS) is 17.3. The Kier molecular flexibility index (Phi) is 7.64. The molecule has 0 saturated carbocycles. The van der Waals surface area contributed by atoms with Crippen molar-refractivity contribution in [1.29, 1.82) is 0 Å². The Morgan fingerprint density at radius 2 is 1.79 bits per heavy atom. The maximum Gasteiger partial charge on any atom is 0.255 e. The molecule has 3 N–H and O–H groups in total. The number of nitrogens with zero attached hydrogens (tertiary/aromatic N) is 1. The SMILES string of the molecule is NC(=O)COc1ccc(CNC(=O)CN2CCCC(c3ccccc3)CC2)cc1. The van der Waals surface area contributed by atoms with E-state index in [2.05, 4.69) is 40.5 Å². The summed E-state index contributed by atoms with van der Waals surface area (Å²) in [5.74, 6) is 0.693. The Morgan fingerprint density at radius 3 is 2.52 bits per heavy atom. The molecule has 2 aromatic carbocycles. The second-order valence-electron chi connectivity index (χ2n) is 7.49. The first-order valence-electron chi connectivity index (χ1n) is 10.1. The van der Waals surface area contributed by atoms with Gasteiger partial charge in [0.1, 0.15) is 5.75 Å². The van der Waals surface area contributed by atoms with Gasteiger partial charge in [0.25, 0.3) is 5.91 Å². The Balaban J connectivity index is 1.41. The number of benzene rings is 2. The zero-order chi connectivity index (χ0) is 20.5. The molecule has 0 radical (unpaired) electrons. The van der Waals surface area contributed by atoms with Crippen molar-refractivity contribution in [2.24, 2.45) is 5.73 Å². The third-order valence-corrected chi connectivity index (χ3v) is 5.25. The Morgan fingerprint density at radius 1 is 1.03 bits per heavy atom. The van der Waals surface area contributed by atoms with Crippen LogP contribution in [0, 0.1) is 0 Å². The molecule has 1 atom stereocenters. The van der Waals surface area contributed by atoms with Crippen LogP contribution in [0.5, 0.6) is 5.75 Å². The van der Waals surface area contributed by atoms with Gasteiger partial charge in [0.2, 0.25) is 5.91 Å². The van der Waals surface area contributed by atoms with Crippen molar-refractivity contribution in [2.45, 2.75) is 31.7 Å². The van der Waals surface area contributed by atoms with E-state index < -0.39 is 5.91 Å². The van der Waals surface area contributed by atoms with Crippen LogP contribution in [0.4, 0.5) is 0 Å². The summed E-state index contributed by atoms with van der Waals surface area (Å²) in [5.41, 5.74) is 7.44. The minimum atomic E-state index is -0.509. The molecule has 2 amide bonds. The van der Waals surface area contributed by atoms with E-state index in [1.807, 2.05) is 12.1 Å². The van der Waals surface area contributed by atoms with E-state index in [0.717, 1.165) is 31.5 Å². The summed E-state index contributed by atoms with van der Waals surface area (Å²) in [6, 6.07) is 17.9. The van der Waals surface area contributed by atoms with Crippen molar-refractivity contribution < 1.29 is 14.3 Å². The summed E-state index contributed by atoms with van der Waals surface area (Å²) in [6.45, 7) is 2.66. The van der Waals surface area contributed by atoms with Gasteiger partial charge in [-0.15, -0.1) is 0 Å². The molecule has 154 valence electrons. The summed E-state index contributed by atoms with van der Waals surface area (Å²) in [4.78, 5) is 25.4. The molecule has 6 nitrogen and oxygen atoms in total. The van der Waals surface area contributed by atoms with E-state index in [4.69, 9.17) is 10.5 Å². The van der Waals surface area contributed by atoms with Crippen LogP contribution in [-0.4, -0.2) is 43.0 Å². The van der Waals surface area contributed by atoms with Gasteiger partial charge in [0, 0.05) is 6.54 Å². The third-order valence-electron chi connectivity index (χ3n) is 5.25. The number of rotatable bonds is 8. The molecule has 1 unspecified atom stereocenters. The van der Waals surface area contributed by atoms with Gasteiger partial charge in [-0.05, 0) is 61.5 Å². The lowest BCUT2D eigenvalue weighted by molar-refractivity contribution is -0.122. The molecular formula is C23H29N3O3. The molecule has 1 heterocycles. The van der Waals surface area contributed by atoms with E-state index in [0.29, 0.717) is 24.8 Å². The number of nitrogens with two attached hydrogens (primary N) is 1. The number of carbonyl (C=O) groups is 2. The molecule has 3 rings (SSSR count). The minimum absolute atomic E-state index is 0.0391. The van der Waals surface area contributed by atoms with Crippen LogP contribution in [-0.2, 0) is 16.1 Å². The number of ether oxygens (including phenoxy) is 1. The summed E-state index contributed by atoms with van der Waals surface area (Å²) < 4.78 is 5.23. The topological polar surface area (TPSA) is 84.7 Å². The fraction of sp³-hybridized carbons (Fsp3) is 0.391. The standard InChI is InChI=1S/C23H29N3O3/c24-22(27)17-29-21-10-8-18(9-11-21)15-25-23(28)16-26-13-4-7-20(12-14-26)19-5-2-1-3-6-19/h1-3,5-6,8-11,20H,4,7,12-17H2,(H2,24,27)(H,25,28). The van der Waals surface area contributed by atoms with E-state index >= 15 is 0 Å². The van der Waals surface area contributed by atoms with Crippen molar-refractivity contribution in [3.8, 4) is 5.75 Å². The molecule has 1 aliphatic rings. The molecule has 0 aliphatic carbocycles. The predicted octanol–water partition coefficient (Wildman–Crippen LogP) is 2.44. The highest BCUT2D eigenvalue weighted by Crippen LogP contribution is 2.27. The molecule has 2 aromatic rings. The maximum absolute atomic E-state index is 12.4. The summed E-state index contributed by atoms with van der Waals surface area (Å²) in [6.07, 6.45) is 3.37. The van der Waals surface area contributed by atoms with Gasteiger partial charge in [-0.25, -0.2) is 0 Å². The Labute approximate surface area is 172 Å². The lowest BCUT2D eigenvalue weighted by Crippen LogP contribution is -2.37. The van der Waals surface area contributed by atoms with Crippen LogP contribution < -0.4 is 15.8 Å². The average Bonchev–Trinajstić information content (AvgIpc) is 2.97. The number of nitrogens with one attached hydrogen (secondary N) is 1. The lowest BCUT2D eigenvalue weighted by Gasteiger charge is -2.19. The zero-order valence-electron chi connectivity index (χ0n) is 16.7. The van der Waals surface area contributed by atoms with Crippen LogP contribution >= 0.6 is 0 Å². The summed E-state index contributed by atoms with van der Waals surface area (Å²) >= 11 is 0. The second kappa shape index (κ2) is 10.6. The van der Waals surface area contributed by atoms with Crippen molar-refractivity contribution in [3.63, 3.8) is 0 Å². The minimum Gasteiger partial charge on any atom is -0.484 e. The predicted molar refractivity (Wildman–Crippen MR) is 112 cm³/mol.